The highest BCUT2D eigenvalue weighted by atomic mass is 32.2. The zero-order chi connectivity index (χ0) is 24.9. The van der Waals surface area contributed by atoms with Gasteiger partial charge in [-0.2, -0.15) is 4.31 Å². The number of sulfonamides is 1. The molecule has 0 aliphatic carbocycles. The summed E-state index contributed by atoms with van der Waals surface area (Å²) in [6.45, 7) is 6.15. The molecule has 10 nitrogen and oxygen atoms in total. The monoisotopic (exact) mass is 490 g/mol. The highest BCUT2D eigenvalue weighted by Crippen LogP contribution is 2.32. The number of hydrogen-bond acceptors (Lipinski definition) is 7. The van der Waals surface area contributed by atoms with Crippen LogP contribution in [0.15, 0.2) is 41.3 Å². The first kappa shape index (κ1) is 25.4. The fourth-order valence-electron chi connectivity index (χ4n) is 4.04. The van der Waals surface area contributed by atoms with E-state index in [4.69, 9.17) is 4.74 Å². The molecule has 0 bridgehead atoms. The lowest BCUT2D eigenvalue weighted by molar-refractivity contribution is -0.385. The van der Waals surface area contributed by atoms with Crippen molar-refractivity contribution in [3.05, 3.63) is 52.1 Å². The van der Waals surface area contributed by atoms with Crippen LogP contribution in [0.1, 0.15) is 43.5 Å². The molecule has 1 aliphatic heterocycles. The van der Waals surface area contributed by atoms with E-state index in [2.05, 4.69) is 5.32 Å². The number of nitro benzene ring substituents is 1. The van der Waals surface area contributed by atoms with E-state index in [1.54, 1.807) is 12.1 Å². The molecule has 0 saturated carbocycles. The van der Waals surface area contributed by atoms with Gasteiger partial charge in [0.2, 0.25) is 10.0 Å². The van der Waals surface area contributed by atoms with Gasteiger partial charge in [0.15, 0.2) is 5.75 Å². The smallest absolute Gasteiger partial charge is 0.311 e. The molecule has 1 N–H and O–H groups in total. The summed E-state index contributed by atoms with van der Waals surface area (Å²) in [6, 6.07) is 8.64. The van der Waals surface area contributed by atoms with E-state index in [9.17, 15) is 23.3 Å². The third-order valence-electron chi connectivity index (χ3n) is 5.91. The third kappa shape index (κ3) is 5.31. The molecular weight excluding hydrogens is 460 g/mol. The lowest BCUT2D eigenvalue weighted by Crippen LogP contribution is -2.35. The predicted molar refractivity (Wildman–Crippen MR) is 130 cm³/mol. The molecule has 0 unspecified atom stereocenters. The maximum atomic E-state index is 13.2. The predicted octanol–water partition coefficient (Wildman–Crippen LogP) is 3.88. The summed E-state index contributed by atoms with van der Waals surface area (Å²) >= 11 is 0. The quantitative estimate of drug-likeness (QED) is 0.418. The fraction of sp³-hybridized carbons (Fsp3) is 0.435. The number of benzene rings is 2. The first-order valence-corrected chi connectivity index (χ1v) is 12.7. The standard InChI is InChI=1S/C23H30N4O6S/c1-4-25(5-2)20-11-10-18(34(31,32)26-13-7-6-8-14-26)16-19(20)24-23(28)17-9-12-22(33-3)21(15-17)27(29)30/h9-12,15-16H,4-8,13-14H2,1-3H3,(H,24,28). The minimum Gasteiger partial charge on any atom is -0.490 e. The van der Waals surface area contributed by atoms with Crippen molar-refractivity contribution >= 4 is 33.0 Å². The Balaban J connectivity index is 2.01. The minimum absolute atomic E-state index is 0.0417. The largest absolute Gasteiger partial charge is 0.490 e. The average molecular weight is 491 g/mol. The molecule has 3 rings (SSSR count). The van der Waals surface area contributed by atoms with Crippen LogP contribution in [0.5, 0.6) is 5.75 Å². The molecule has 2 aromatic carbocycles. The van der Waals surface area contributed by atoms with Crippen molar-refractivity contribution in [2.45, 2.75) is 38.0 Å². The maximum Gasteiger partial charge on any atom is 0.311 e. The molecule has 1 heterocycles. The van der Waals surface area contributed by atoms with Crippen molar-refractivity contribution in [1.29, 1.82) is 0 Å². The number of hydrogen-bond donors (Lipinski definition) is 1. The van der Waals surface area contributed by atoms with Crippen LogP contribution in [0.3, 0.4) is 0 Å². The Morgan fingerprint density at radius 1 is 1.12 bits per heavy atom. The van der Waals surface area contributed by atoms with E-state index >= 15 is 0 Å². The highest BCUT2D eigenvalue weighted by Gasteiger charge is 2.27. The summed E-state index contributed by atoms with van der Waals surface area (Å²) in [6.07, 6.45) is 2.63. The summed E-state index contributed by atoms with van der Waals surface area (Å²) in [4.78, 5) is 25.9. The Morgan fingerprint density at radius 2 is 1.79 bits per heavy atom. The van der Waals surface area contributed by atoms with Crippen molar-refractivity contribution in [3.63, 3.8) is 0 Å². The van der Waals surface area contributed by atoms with Gasteiger partial charge in [-0.25, -0.2) is 8.42 Å². The van der Waals surface area contributed by atoms with E-state index in [0.29, 0.717) is 37.6 Å². The van der Waals surface area contributed by atoms with E-state index in [0.717, 1.165) is 25.3 Å². The minimum atomic E-state index is -3.71. The summed E-state index contributed by atoms with van der Waals surface area (Å²) in [5, 5.41) is 14.1. The molecule has 11 heteroatoms. The van der Waals surface area contributed by atoms with Crippen molar-refractivity contribution < 1.29 is 22.9 Å². The number of rotatable bonds is 9. The van der Waals surface area contributed by atoms with Gasteiger partial charge in [-0.3, -0.25) is 14.9 Å². The molecule has 0 radical (unpaired) electrons. The van der Waals surface area contributed by atoms with Crippen LogP contribution in [-0.2, 0) is 10.0 Å². The van der Waals surface area contributed by atoms with Gasteiger partial charge in [-0.15, -0.1) is 0 Å². The van der Waals surface area contributed by atoms with E-state index in [-0.39, 0.29) is 21.9 Å². The van der Waals surface area contributed by atoms with E-state index < -0.39 is 20.9 Å². The second-order valence-electron chi connectivity index (χ2n) is 7.91. The summed E-state index contributed by atoms with van der Waals surface area (Å²) in [5.41, 5.74) is 0.715. The average Bonchev–Trinajstić information content (AvgIpc) is 2.85. The number of anilines is 2. The van der Waals surface area contributed by atoms with Crippen molar-refractivity contribution in [1.82, 2.24) is 4.31 Å². The van der Waals surface area contributed by atoms with Crippen molar-refractivity contribution in [2.24, 2.45) is 0 Å². The zero-order valence-electron chi connectivity index (χ0n) is 19.6. The zero-order valence-corrected chi connectivity index (χ0v) is 20.4. The lowest BCUT2D eigenvalue weighted by atomic mass is 10.1. The van der Waals surface area contributed by atoms with Gasteiger partial charge in [-0.1, -0.05) is 6.42 Å². The molecule has 1 saturated heterocycles. The van der Waals surface area contributed by atoms with Crippen LogP contribution in [0.25, 0.3) is 0 Å². The first-order chi connectivity index (χ1) is 16.2. The van der Waals surface area contributed by atoms with Gasteiger partial charge in [-0.05, 0) is 57.0 Å². The first-order valence-electron chi connectivity index (χ1n) is 11.3. The molecule has 2 aromatic rings. The molecule has 1 fully saturated rings. The number of nitrogens with zero attached hydrogens (tertiary/aromatic N) is 3. The van der Waals surface area contributed by atoms with Gasteiger partial charge in [0.25, 0.3) is 5.91 Å². The molecule has 1 aliphatic rings. The molecule has 0 aromatic heterocycles. The summed E-state index contributed by atoms with van der Waals surface area (Å²) in [7, 11) is -2.40. The van der Waals surface area contributed by atoms with Crippen molar-refractivity contribution in [2.75, 3.05) is 43.5 Å². The topological polar surface area (TPSA) is 122 Å². The van der Waals surface area contributed by atoms with Crippen LogP contribution < -0.4 is 15.0 Å². The number of ether oxygens (including phenoxy) is 1. The van der Waals surface area contributed by atoms with Gasteiger partial charge >= 0.3 is 5.69 Å². The Bertz CT molecular complexity index is 1160. The highest BCUT2D eigenvalue weighted by molar-refractivity contribution is 7.89. The maximum absolute atomic E-state index is 13.2. The molecule has 184 valence electrons. The second kappa shape index (κ2) is 10.8. The van der Waals surface area contributed by atoms with Gasteiger partial charge < -0.3 is 15.0 Å². The van der Waals surface area contributed by atoms with Crippen molar-refractivity contribution in [3.8, 4) is 5.75 Å². The normalized spacial score (nSPS) is 14.4. The van der Waals surface area contributed by atoms with Crippen LogP contribution in [0.2, 0.25) is 0 Å². The Labute approximate surface area is 199 Å². The van der Waals surface area contributed by atoms with Gasteiger partial charge in [0.1, 0.15) is 0 Å². The number of amides is 1. The number of carbonyl (C=O) groups is 1. The fourth-order valence-corrected chi connectivity index (χ4v) is 5.58. The van der Waals surface area contributed by atoms with Gasteiger partial charge in [0, 0.05) is 37.8 Å². The summed E-state index contributed by atoms with van der Waals surface area (Å²) < 4.78 is 32.9. The van der Waals surface area contributed by atoms with Crippen LogP contribution >= 0.6 is 0 Å². The number of nitrogens with one attached hydrogen (secondary N) is 1. The van der Waals surface area contributed by atoms with Crippen LogP contribution in [0, 0.1) is 10.1 Å². The Morgan fingerprint density at radius 3 is 2.38 bits per heavy atom. The second-order valence-corrected chi connectivity index (χ2v) is 9.85. The van der Waals surface area contributed by atoms with E-state index in [1.807, 2.05) is 18.7 Å². The van der Waals surface area contributed by atoms with Crippen LogP contribution in [0.4, 0.5) is 17.1 Å². The third-order valence-corrected chi connectivity index (χ3v) is 7.81. The molecule has 1 amide bonds. The number of piperidine rings is 1. The van der Waals surface area contributed by atoms with Gasteiger partial charge in [0.05, 0.1) is 28.3 Å². The van der Waals surface area contributed by atoms with Crippen LogP contribution in [-0.4, -0.2) is 56.8 Å². The lowest BCUT2D eigenvalue weighted by Gasteiger charge is -2.28. The number of nitro groups is 1. The van der Waals surface area contributed by atoms with E-state index in [1.165, 1.54) is 29.6 Å². The number of carbonyl (C=O) groups excluding carboxylic acids is 1. The number of methoxy groups -OCH3 is 1. The molecule has 0 atom stereocenters. The summed E-state index contributed by atoms with van der Waals surface area (Å²) in [5.74, 6) is -0.549. The molecule has 34 heavy (non-hydrogen) atoms. The SMILES string of the molecule is CCN(CC)c1ccc(S(=O)(=O)N2CCCCC2)cc1NC(=O)c1ccc(OC)c([N+](=O)[O-])c1. The Hall–Kier alpha value is -3.18. The Kier molecular flexibility index (Phi) is 8.11. The molecular formula is C23H30N4O6S. The molecule has 0 spiro atoms.